The third-order valence-electron chi connectivity index (χ3n) is 5.02. The van der Waals surface area contributed by atoms with Crippen LogP contribution in [0.2, 0.25) is 0 Å². The summed E-state index contributed by atoms with van der Waals surface area (Å²) in [6.45, 7) is 7.70. The smallest absolute Gasteiger partial charge is 0.140 e. The number of nitrogens with zero attached hydrogens (tertiary/aromatic N) is 4. The van der Waals surface area contributed by atoms with Gasteiger partial charge in [0, 0.05) is 26.2 Å². The fraction of sp³-hybridized carbons (Fsp3) is 0.400. The summed E-state index contributed by atoms with van der Waals surface area (Å²) >= 11 is 1.69. The van der Waals surface area contributed by atoms with Gasteiger partial charge in [-0.3, -0.25) is 4.90 Å². The van der Waals surface area contributed by atoms with Crippen molar-refractivity contribution in [1.82, 2.24) is 14.9 Å². The average Bonchev–Trinajstić information content (AvgIpc) is 3.29. The fourth-order valence-electron chi connectivity index (χ4n) is 3.75. The molecule has 0 bridgehead atoms. The van der Waals surface area contributed by atoms with E-state index < -0.39 is 0 Å². The maximum Gasteiger partial charge on any atom is 0.140 e. The van der Waals surface area contributed by atoms with E-state index in [0.29, 0.717) is 5.92 Å². The Balaban J connectivity index is 1.42. The Morgan fingerprint density at radius 2 is 2.08 bits per heavy atom. The zero-order valence-electron chi connectivity index (χ0n) is 14.6. The molecule has 25 heavy (non-hydrogen) atoms. The first-order valence-corrected chi connectivity index (χ1v) is 9.91. The molecule has 0 saturated carbocycles. The van der Waals surface area contributed by atoms with Crippen LogP contribution in [0.4, 0.5) is 5.82 Å². The van der Waals surface area contributed by atoms with E-state index in [1.165, 1.54) is 30.5 Å². The van der Waals surface area contributed by atoms with E-state index in [9.17, 15) is 0 Å². The van der Waals surface area contributed by atoms with Gasteiger partial charge in [-0.25, -0.2) is 9.97 Å². The first-order valence-electron chi connectivity index (χ1n) is 9.03. The summed E-state index contributed by atoms with van der Waals surface area (Å²) in [5.74, 6) is 1.79. The van der Waals surface area contributed by atoms with E-state index in [0.717, 1.165) is 30.3 Å². The molecule has 0 N–H and O–H groups in total. The summed E-state index contributed by atoms with van der Waals surface area (Å²) in [7, 11) is 0. The highest BCUT2D eigenvalue weighted by atomic mass is 32.1. The predicted molar refractivity (Wildman–Crippen MR) is 105 cm³/mol. The Morgan fingerprint density at radius 3 is 2.92 bits per heavy atom. The number of anilines is 1. The van der Waals surface area contributed by atoms with Gasteiger partial charge in [0.05, 0.1) is 5.39 Å². The van der Waals surface area contributed by atoms with Gasteiger partial charge < -0.3 is 4.90 Å². The first kappa shape index (κ1) is 16.5. The number of aromatic nitrogens is 2. The third kappa shape index (κ3) is 3.67. The minimum absolute atomic E-state index is 0.701. The van der Waals surface area contributed by atoms with E-state index in [4.69, 9.17) is 0 Å². The standard InChI is InChI=1S/C20H24N4S/c1-2-24(19-18-9-11-25-20(18)22-15-21-19)14-17-8-10-23(13-17)12-16-6-4-3-5-7-16/h3-7,9,11,15,17H,2,8,10,12-14H2,1H3. The van der Waals surface area contributed by atoms with Crippen LogP contribution in [0.25, 0.3) is 10.2 Å². The minimum atomic E-state index is 0.701. The topological polar surface area (TPSA) is 32.3 Å². The van der Waals surface area contributed by atoms with Gasteiger partial charge in [-0.1, -0.05) is 30.3 Å². The molecule has 0 amide bonds. The number of likely N-dealkylation sites (tertiary alicyclic amines) is 1. The van der Waals surface area contributed by atoms with E-state index in [1.807, 2.05) is 0 Å². The molecular formula is C20H24N4S. The van der Waals surface area contributed by atoms with Crippen molar-refractivity contribution in [2.24, 2.45) is 5.92 Å². The highest BCUT2D eigenvalue weighted by Crippen LogP contribution is 2.28. The Hall–Kier alpha value is -1.98. The zero-order valence-corrected chi connectivity index (χ0v) is 15.5. The van der Waals surface area contributed by atoms with Gasteiger partial charge in [0.15, 0.2) is 0 Å². The largest absolute Gasteiger partial charge is 0.356 e. The van der Waals surface area contributed by atoms with Crippen LogP contribution in [0, 0.1) is 5.92 Å². The molecule has 3 heterocycles. The second-order valence-electron chi connectivity index (χ2n) is 6.75. The van der Waals surface area contributed by atoms with E-state index in [-0.39, 0.29) is 0 Å². The minimum Gasteiger partial charge on any atom is -0.356 e. The number of fused-ring (bicyclic) bond motifs is 1. The van der Waals surface area contributed by atoms with Crippen molar-refractivity contribution in [1.29, 1.82) is 0 Å². The van der Waals surface area contributed by atoms with Crippen molar-refractivity contribution in [3.8, 4) is 0 Å². The monoisotopic (exact) mass is 352 g/mol. The second-order valence-corrected chi connectivity index (χ2v) is 7.65. The zero-order chi connectivity index (χ0) is 17.1. The summed E-state index contributed by atoms with van der Waals surface area (Å²) in [5, 5.41) is 3.29. The Bertz CT molecular complexity index is 817. The molecule has 130 valence electrons. The van der Waals surface area contributed by atoms with Crippen LogP contribution in [0.5, 0.6) is 0 Å². The Labute approximate surface area is 153 Å². The molecule has 2 aromatic heterocycles. The lowest BCUT2D eigenvalue weighted by Crippen LogP contribution is -2.31. The molecule has 3 aromatic rings. The molecule has 0 aliphatic carbocycles. The SMILES string of the molecule is CCN(CC1CCN(Cc2ccccc2)C1)c1ncnc2sccc12. The first-order chi connectivity index (χ1) is 12.3. The van der Waals surface area contributed by atoms with Crippen molar-refractivity contribution in [2.45, 2.75) is 19.9 Å². The molecule has 0 radical (unpaired) electrons. The normalized spacial score (nSPS) is 18.0. The maximum absolute atomic E-state index is 4.59. The molecule has 1 atom stereocenters. The fourth-order valence-corrected chi connectivity index (χ4v) is 4.48. The number of benzene rings is 1. The molecule has 1 fully saturated rings. The third-order valence-corrected chi connectivity index (χ3v) is 5.84. The van der Waals surface area contributed by atoms with Crippen molar-refractivity contribution in [3.05, 3.63) is 53.7 Å². The van der Waals surface area contributed by atoms with Crippen LogP contribution in [0.1, 0.15) is 18.9 Å². The van der Waals surface area contributed by atoms with Crippen molar-refractivity contribution in [3.63, 3.8) is 0 Å². The van der Waals surface area contributed by atoms with Gasteiger partial charge in [0.25, 0.3) is 0 Å². The molecule has 4 nitrogen and oxygen atoms in total. The molecular weight excluding hydrogens is 328 g/mol. The highest BCUT2D eigenvalue weighted by molar-refractivity contribution is 7.16. The summed E-state index contributed by atoms with van der Waals surface area (Å²) in [4.78, 5) is 15.1. The Kier molecular flexibility index (Phi) is 4.95. The van der Waals surface area contributed by atoms with Crippen LogP contribution < -0.4 is 4.90 Å². The maximum atomic E-state index is 4.59. The molecule has 0 spiro atoms. The number of hydrogen-bond donors (Lipinski definition) is 0. The number of rotatable bonds is 6. The van der Waals surface area contributed by atoms with Crippen molar-refractivity contribution in [2.75, 3.05) is 31.1 Å². The molecule has 1 unspecified atom stereocenters. The molecule has 1 aromatic carbocycles. The van der Waals surface area contributed by atoms with Gasteiger partial charge in [-0.05, 0) is 42.8 Å². The highest BCUT2D eigenvalue weighted by Gasteiger charge is 2.25. The van der Waals surface area contributed by atoms with Crippen LogP contribution >= 0.6 is 11.3 Å². The van der Waals surface area contributed by atoms with Gasteiger partial charge in [0.1, 0.15) is 17.0 Å². The van der Waals surface area contributed by atoms with Crippen LogP contribution in [-0.2, 0) is 6.54 Å². The Morgan fingerprint density at radius 1 is 1.20 bits per heavy atom. The summed E-state index contributed by atoms with van der Waals surface area (Å²) in [6.07, 6.45) is 2.97. The van der Waals surface area contributed by atoms with Crippen molar-refractivity contribution < 1.29 is 0 Å². The van der Waals surface area contributed by atoms with E-state index >= 15 is 0 Å². The van der Waals surface area contributed by atoms with E-state index in [2.05, 4.69) is 68.5 Å². The lowest BCUT2D eigenvalue weighted by Gasteiger charge is -2.26. The van der Waals surface area contributed by atoms with Crippen LogP contribution in [-0.4, -0.2) is 41.0 Å². The van der Waals surface area contributed by atoms with Crippen LogP contribution in [0.3, 0.4) is 0 Å². The average molecular weight is 353 g/mol. The van der Waals surface area contributed by atoms with Gasteiger partial charge in [0.2, 0.25) is 0 Å². The van der Waals surface area contributed by atoms with Gasteiger partial charge in [-0.15, -0.1) is 11.3 Å². The molecule has 5 heteroatoms. The van der Waals surface area contributed by atoms with E-state index in [1.54, 1.807) is 17.7 Å². The van der Waals surface area contributed by atoms with Crippen LogP contribution in [0.15, 0.2) is 48.1 Å². The molecule has 1 aliphatic heterocycles. The predicted octanol–water partition coefficient (Wildman–Crippen LogP) is 4.04. The molecule has 4 rings (SSSR count). The lowest BCUT2D eigenvalue weighted by atomic mass is 10.1. The molecule has 1 aliphatic rings. The summed E-state index contributed by atoms with van der Waals surface area (Å²) < 4.78 is 0. The van der Waals surface area contributed by atoms with Gasteiger partial charge >= 0.3 is 0 Å². The second kappa shape index (κ2) is 7.50. The number of thiophene rings is 1. The number of hydrogen-bond acceptors (Lipinski definition) is 5. The van der Waals surface area contributed by atoms with Gasteiger partial charge in [-0.2, -0.15) is 0 Å². The lowest BCUT2D eigenvalue weighted by molar-refractivity contribution is 0.317. The molecule has 1 saturated heterocycles. The summed E-state index contributed by atoms with van der Waals surface area (Å²) in [5.41, 5.74) is 1.41. The quantitative estimate of drug-likeness (QED) is 0.670. The van der Waals surface area contributed by atoms with Crippen molar-refractivity contribution >= 4 is 27.4 Å². The summed E-state index contributed by atoms with van der Waals surface area (Å²) in [6, 6.07) is 12.9.